The van der Waals surface area contributed by atoms with Crippen LogP contribution in [0.15, 0.2) is 30.4 Å². The lowest BCUT2D eigenvalue weighted by Gasteiger charge is -2.04. The van der Waals surface area contributed by atoms with Gasteiger partial charge in [0.15, 0.2) is 0 Å². The van der Waals surface area contributed by atoms with Gasteiger partial charge in [-0.25, -0.2) is 0 Å². The third-order valence-electron chi connectivity index (χ3n) is 5.69. The van der Waals surface area contributed by atoms with Crippen molar-refractivity contribution >= 4 is 0 Å². The SMILES string of the molecule is CCCCCCC=CCCCCCCCCCCCCCc1cc(O)cc(O)c1. The fourth-order valence-corrected chi connectivity index (χ4v) is 3.91. The average molecular weight is 403 g/mol. The van der Waals surface area contributed by atoms with E-state index in [1.165, 1.54) is 109 Å². The van der Waals surface area contributed by atoms with Crippen molar-refractivity contribution in [2.45, 2.75) is 122 Å². The first kappa shape index (κ1) is 25.6. The number of hydrogen-bond donors (Lipinski definition) is 2. The smallest absolute Gasteiger partial charge is 0.119 e. The first-order valence-corrected chi connectivity index (χ1v) is 12.4. The van der Waals surface area contributed by atoms with E-state index in [-0.39, 0.29) is 11.5 Å². The van der Waals surface area contributed by atoms with Gasteiger partial charge in [-0.2, -0.15) is 0 Å². The number of phenols is 2. The standard InChI is InChI=1S/C27H46O2/c1-2-3-4-5-6-7-8-9-10-11-12-13-14-15-16-17-18-19-20-21-25-22-26(28)24-27(29)23-25/h7-8,22-24,28-29H,2-6,9-21H2,1H3. The number of aryl methyl sites for hydroxylation is 1. The molecule has 0 radical (unpaired) electrons. The third kappa shape index (κ3) is 16.1. The number of aromatic hydroxyl groups is 2. The topological polar surface area (TPSA) is 40.5 Å². The number of hydrogen-bond acceptors (Lipinski definition) is 2. The van der Waals surface area contributed by atoms with Gasteiger partial charge in [0, 0.05) is 6.07 Å². The van der Waals surface area contributed by atoms with E-state index >= 15 is 0 Å². The molecule has 2 nitrogen and oxygen atoms in total. The van der Waals surface area contributed by atoms with Crippen molar-refractivity contribution in [3.8, 4) is 11.5 Å². The molecule has 0 aromatic heterocycles. The summed E-state index contributed by atoms with van der Waals surface area (Å²) < 4.78 is 0. The maximum atomic E-state index is 9.49. The van der Waals surface area contributed by atoms with Crippen molar-refractivity contribution in [1.82, 2.24) is 0 Å². The van der Waals surface area contributed by atoms with Gasteiger partial charge in [0.2, 0.25) is 0 Å². The molecule has 2 N–H and O–H groups in total. The summed E-state index contributed by atoms with van der Waals surface area (Å²) in [5.41, 5.74) is 1.03. The Labute approximate surface area is 180 Å². The molecular formula is C27H46O2. The maximum Gasteiger partial charge on any atom is 0.119 e. The Morgan fingerprint density at radius 3 is 1.45 bits per heavy atom. The van der Waals surface area contributed by atoms with Crippen LogP contribution in [0.2, 0.25) is 0 Å². The summed E-state index contributed by atoms with van der Waals surface area (Å²) >= 11 is 0. The van der Waals surface area contributed by atoms with E-state index in [1.54, 1.807) is 12.1 Å². The molecule has 0 bridgehead atoms. The highest BCUT2D eigenvalue weighted by molar-refractivity contribution is 5.36. The summed E-state index contributed by atoms with van der Waals surface area (Å²) in [6.45, 7) is 2.27. The van der Waals surface area contributed by atoms with E-state index in [4.69, 9.17) is 0 Å². The van der Waals surface area contributed by atoms with Gasteiger partial charge in [-0.1, -0.05) is 96.1 Å². The largest absolute Gasteiger partial charge is 0.508 e. The number of allylic oxidation sites excluding steroid dienone is 2. The fourth-order valence-electron chi connectivity index (χ4n) is 3.91. The Hall–Kier alpha value is -1.44. The van der Waals surface area contributed by atoms with Crippen LogP contribution in [0.5, 0.6) is 11.5 Å². The molecule has 2 heteroatoms. The Balaban J connectivity index is 1.78. The summed E-state index contributed by atoms with van der Waals surface area (Å²) in [5.74, 6) is 0.323. The van der Waals surface area contributed by atoms with Crippen LogP contribution in [-0.2, 0) is 6.42 Å². The van der Waals surface area contributed by atoms with Crippen LogP contribution < -0.4 is 0 Å². The quantitative estimate of drug-likeness (QED) is 0.179. The van der Waals surface area contributed by atoms with Crippen molar-refractivity contribution in [3.63, 3.8) is 0 Å². The predicted molar refractivity (Wildman–Crippen MR) is 127 cm³/mol. The summed E-state index contributed by atoms with van der Waals surface area (Å²) in [4.78, 5) is 0. The van der Waals surface area contributed by atoms with E-state index < -0.39 is 0 Å². The molecule has 0 heterocycles. The normalized spacial score (nSPS) is 11.5. The molecule has 0 saturated heterocycles. The Bertz CT molecular complexity index is 501. The minimum Gasteiger partial charge on any atom is -0.508 e. The van der Waals surface area contributed by atoms with Crippen LogP contribution in [0.3, 0.4) is 0 Å². The summed E-state index contributed by atoms with van der Waals surface area (Å²) in [7, 11) is 0. The molecular weight excluding hydrogens is 356 g/mol. The Kier molecular flexibility index (Phi) is 16.4. The van der Waals surface area contributed by atoms with E-state index in [0.717, 1.165) is 18.4 Å². The lowest BCUT2D eigenvalue weighted by molar-refractivity contribution is 0.449. The minimum atomic E-state index is 0.161. The highest BCUT2D eigenvalue weighted by Gasteiger charge is 1.99. The van der Waals surface area contributed by atoms with Gasteiger partial charge in [-0.3, -0.25) is 0 Å². The lowest BCUT2D eigenvalue weighted by Crippen LogP contribution is -1.87. The van der Waals surface area contributed by atoms with E-state index in [9.17, 15) is 10.2 Å². The van der Waals surface area contributed by atoms with E-state index in [2.05, 4.69) is 19.1 Å². The first-order chi connectivity index (χ1) is 14.2. The van der Waals surface area contributed by atoms with Crippen LogP contribution in [0.25, 0.3) is 0 Å². The first-order valence-electron chi connectivity index (χ1n) is 12.4. The van der Waals surface area contributed by atoms with Gasteiger partial charge in [0.25, 0.3) is 0 Å². The second kappa shape index (κ2) is 18.6. The average Bonchev–Trinajstić information content (AvgIpc) is 2.69. The second-order valence-corrected chi connectivity index (χ2v) is 8.61. The maximum absolute atomic E-state index is 9.49. The van der Waals surface area contributed by atoms with Gasteiger partial charge in [0.1, 0.15) is 11.5 Å². The highest BCUT2D eigenvalue weighted by Crippen LogP contribution is 2.22. The zero-order valence-electron chi connectivity index (χ0n) is 19.0. The van der Waals surface area contributed by atoms with Crippen molar-refractivity contribution < 1.29 is 10.2 Å². The van der Waals surface area contributed by atoms with Crippen LogP contribution in [-0.4, -0.2) is 10.2 Å². The van der Waals surface area contributed by atoms with E-state index in [0.29, 0.717) is 0 Å². The zero-order valence-corrected chi connectivity index (χ0v) is 19.0. The van der Waals surface area contributed by atoms with Crippen molar-refractivity contribution in [1.29, 1.82) is 0 Å². The monoisotopic (exact) mass is 402 g/mol. The molecule has 1 aromatic carbocycles. The third-order valence-corrected chi connectivity index (χ3v) is 5.69. The summed E-state index contributed by atoms with van der Waals surface area (Å²) in [6.07, 6.45) is 28.5. The number of benzene rings is 1. The number of unbranched alkanes of at least 4 members (excludes halogenated alkanes) is 15. The number of phenolic OH excluding ortho intramolecular Hbond substituents is 2. The summed E-state index contributed by atoms with van der Waals surface area (Å²) in [6, 6.07) is 4.90. The van der Waals surface area contributed by atoms with Gasteiger partial charge >= 0.3 is 0 Å². The fraction of sp³-hybridized carbons (Fsp3) is 0.704. The van der Waals surface area contributed by atoms with Gasteiger partial charge in [-0.05, 0) is 56.2 Å². The molecule has 0 spiro atoms. The molecule has 0 saturated carbocycles. The highest BCUT2D eigenvalue weighted by atomic mass is 16.3. The minimum absolute atomic E-state index is 0.161. The molecule has 1 aromatic rings. The lowest BCUT2D eigenvalue weighted by atomic mass is 10.0. The number of rotatable bonds is 19. The molecule has 166 valence electrons. The second-order valence-electron chi connectivity index (χ2n) is 8.61. The van der Waals surface area contributed by atoms with Crippen molar-refractivity contribution in [2.75, 3.05) is 0 Å². The molecule has 0 aliphatic carbocycles. The molecule has 29 heavy (non-hydrogen) atoms. The summed E-state index contributed by atoms with van der Waals surface area (Å²) in [5, 5.41) is 19.0. The molecule has 0 amide bonds. The van der Waals surface area contributed by atoms with Gasteiger partial charge in [-0.15, -0.1) is 0 Å². The predicted octanol–water partition coefficient (Wildman–Crippen LogP) is 8.85. The van der Waals surface area contributed by atoms with Gasteiger partial charge < -0.3 is 10.2 Å². The zero-order chi connectivity index (χ0) is 21.0. The molecule has 0 aliphatic rings. The van der Waals surface area contributed by atoms with Crippen molar-refractivity contribution in [2.24, 2.45) is 0 Å². The van der Waals surface area contributed by atoms with Crippen LogP contribution in [0.1, 0.15) is 122 Å². The molecule has 0 aliphatic heterocycles. The molecule has 0 atom stereocenters. The molecule has 0 fully saturated rings. The van der Waals surface area contributed by atoms with Crippen LogP contribution in [0.4, 0.5) is 0 Å². The Morgan fingerprint density at radius 1 is 0.552 bits per heavy atom. The van der Waals surface area contributed by atoms with Crippen LogP contribution in [0, 0.1) is 0 Å². The Morgan fingerprint density at radius 2 is 0.966 bits per heavy atom. The van der Waals surface area contributed by atoms with Crippen LogP contribution >= 0.6 is 0 Å². The van der Waals surface area contributed by atoms with Gasteiger partial charge in [0.05, 0.1) is 0 Å². The van der Waals surface area contributed by atoms with E-state index in [1.807, 2.05) is 0 Å². The molecule has 0 unspecified atom stereocenters. The van der Waals surface area contributed by atoms with Crippen molar-refractivity contribution in [3.05, 3.63) is 35.9 Å². The molecule has 1 rings (SSSR count).